The van der Waals surface area contributed by atoms with Crippen LogP contribution in [0.5, 0.6) is 0 Å². The Bertz CT molecular complexity index is 454. The van der Waals surface area contributed by atoms with E-state index in [1.807, 2.05) is 19.1 Å². The molecule has 0 amide bonds. The number of aryl methyl sites for hydroxylation is 1. The predicted molar refractivity (Wildman–Crippen MR) is 63.8 cm³/mol. The van der Waals surface area contributed by atoms with E-state index >= 15 is 0 Å². The number of hydrogen-bond donors (Lipinski definition) is 1. The van der Waals surface area contributed by atoms with Gasteiger partial charge < -0.3 is 5.32 Å². The fraction of sp³-hybridized carbons (Fsp3) is 0.200. The van der Waals surface area contributed by atoms with Crippen molar-refractivity contribution < 1.29 is 0 Å². The van der Waals surface area contributed by atoms with Crippen LogP contribution in [0.25, 0.3) is 0 Å². The molecule has 0 atom stereocenters. The Morgan fingerprint density at radius 2 is 2.25 bits per heavy atom. The van der Waals surface area contributed by atoms with E-state index in [1.165, 1.54) is 6.33 Å². The number of nitrogens with one attached hydrogen (secondary N) is 1. The number of aromatic nitrogens is 4. The summed E-state index contributed by atoms with van der Waals surface area (Å²) in [6.07, 6.45) is 3.24. The molecule has 0 bridgehead atoms. The zero-order chi connectivity index (χ0) is 11.4. The minimum atomic E-state index is 0.616. The Balaban J connectivity index is 2.05. The summed E-state index contributed by atoms with van der Waals surface area (Å²) in [4.78, 5) is 16.3. The van der Waals surface area contributed by atoms with Gasteiger partial charge in [-0.15, -0.1) is 0 Å². The highest BCUT2D eigenvalue weighted by molar-refractivity contribution is 9.10. The third-order valence-electron chi connectivity index (χ3n) is 1.90. The van der Waals surface area contributed by atoms with Gasteiger partial charge in [-0.25, -0.2) is 19.9 Å². The van der Waals surface area contributed by atoms with Crippen LogP contribution in [0.3, 0.4) is 0 Å². The maximum Gasteiger partial charge on any atom is 0.131 e. The molecular weight excluding hydrogens is 270 g/mol. The van der Waals surface area contributed by atoms with Crippen molar-refractivity contribution in [3.05, 3.63) is 40.8 Å². The van der Waals surface area contributed by atoms with Crippen molar-refractivity contribution in [2.75, 3.05) is 5.32 Å². The van der Waals surface area contributed by atoms with Gasteiger partial charge >= 0.3 is 0 Å². The summed E-state index contributed by atoms with van der Waals surface area (Å²) in [5.74, 6) is 1.50. The SMILES string of the molecule is Cc1nc(Br)cc(NCc2ccncn2)n1. The quantitative estimate of drug-likeness (QED) is 0.870. The van der Waals surface area contributed by atoms with Crippen LogP contribution >= 0.6 is 15.9 Å². The summed E-state index contributed by atoms with van der Waals surface area (Å²) in [5.41, 5.74) is 0.919. The molecule has 82 valence electrons. The molecule has 0 saturated heterocycles. The van der Waals surface area contributed by atoms with Crippen molar-refractivity contribution in [3.8, 4) is 0 Å². The van der Waals surface area contributed by atoms with Gasteiger partial charge in [0.1, 0.15) is 22.6 Å². The van der Waals surface area contributed by atoms with Crippen LogP contribution in [-0.4, -0.2) is 19.9 Å². The molecule has 2 aromatic heterocycles. The second-order valence-corrected chi connectivity index (χ2v) is 3.99. The molecule has 5 nitrogen and oxygen atoms in total. The third-order valence-corrected chi connectivity index (χ3v) is 2.31. The number of halogens is 1. The molecule has 2 rings (SSSR count). The molecule has 0 unspecified atom stereocenters. The van der Waals surface area contributed by atoms with Gasteiger partial charge in [0, 0.05) is 12.3 Å². The number of anilines is 1. The lowest BCUT2D eigenvalue weighted by molar-refractivity contribution is 0.970. The van der Waals surface area contributed by atoms with E-state index in [-0.39, 0.29) is 0 Å². The van der Waals surface area contributed by atoms with Crippen LogP contribution < -0.4 is 5.32 Å². The highest BCUT2D eigenvalue weighted by Gasteiger charge is 1.99. The molecular formula is C10H10BrN5. The Hall–Kier alpha value is -1.56. The smallest absolute Gasteiger partial charge is 0.131 e. The average molecular weight is 280 g/mol. The van der Waals surface area contributed by atoms with Crippen LogP contribution in [-0.2, 0) is 6.54 Å². The fourth-order valence-electron chi connectivity index (χ4n) is 1.23. The lowest BCUT2D eigenvalue weighted by atomic mass is 10.4. The van der Waals surface area contributed by atoms with Crippen LogP contribution in [0.1, 0.15) is 11.5 Å². The van der Waals surface area contributed by atoms with Gasteiger partial charge in [0.2, 0.25) is 0 Å². The summed E-state index contributed by atoms with van der Waals surface area (Å²) >= 11 is 3.32. The average Bonchev–Trinajstić information content (AvgIpc) is 2.27. The number of rotatable bonds is 3. The molecule has 6 heteroatoms. The first-order chi connectivity index (χ1) is 7.74. The molecule has 0 aliphatic carbocycles. The molecule has 0 spiro atoms. The van der Waals surface area contributed by atoms with Gasteiger partial charge in [0.25, 0.3) is 0 Å². The van der Waals surface area contributed by atoms with Crippen LogP contribution in [0.15, 0.2) is 29.3 Å². The predicted octanol–water partition coefficient (Wildman–Crippen LogP) is 1.95. The fourth-order valence-corrected chi connectivity index (χ4v) is 1.70. The lowest BCUT2D eigenvalue weighted by Crippen LogP contribution is -2.04. The number of hydrogen-bond acceptors (Lipinski definition) is 5. The molecule has 0 saturated carbocycles. The van der Waals surface area contributed by atoms with E-state index in [4.69, 9.17) is 0 Å². The summed E-state index contributed by atoms with van der Waals surface area (Å²) in [6, 6.07) is 3.68. The molecule has 0 radical (unpaired) electrons. The standard InChI is InChI=1S/C10H10BrN5/c1-7-15-9(11)4-10(16-7)13-5-8-2-3-12-6-14-8/h2-4,6H,5H2,1H3,(H,13,15,16). The lowest BCUT2D eigenvalue weighted by Gasteiger charge is -2.05. The summed E-state index contributed by atoms with van der Waals surface area (Å²) in [6.45, 7) is 2.46. The van der Waals surface area contributed by atoms with Crippen molar-refractivity contribution in [3.63, 3.8) is 0 Å². The first-order valence-corrected chi connectivity index (χ1v) is 5.53. The van der Waals surface area contributed by atoms with E-state index in [0.29, 0.717) is 6.54 Å². The molecule has 16 heavy (non-hydrogen) atoms. The number of nitrogens with zero attached hydrogens (tertiary/aromatic N) is 4. The second-order valence-electron chi connectivity index (χ2n) is 3.18. The van der Waals surface area contributed by atoms with Crippen molar-refractivity contribution in [2.45, 2.75) is 13.5 Å². The highest BCUT2D eigenvalue weighted by atomic mass is 79.9. The highest BCUT2D eigenvalue weighted by Crippen LogP contribution is 2.12. The molecule has 2 heterocycles. The van der Waals surface area contributed by atoms with Crippen LogP contribution in [0.4, 0.5) is 5.82 Å². The van der Waals surface area contributed by atoms with E-state index in [0.717, 1.165) is 21.9 Å². The van der Waals surface area contributed by atoms with Crippen molar-refractivity contribution in [1.82, 2.24) is 19.9 Å². The molecule has 0 aliphatic rings. The van der Waals surface area contributed by atoms with E-state index < -0.39 is 0 Å². The maximum absolute atomic E-state index is 4.25. The van der Waals surface area contributed by atoms with E-state index in [1.54, 1.807) is 6.20 Å². The maximum atomic E-state index is 4.25. The summed E-state index contributed by atoms with van der Waals surface area (Å²) < 4.78 is 0.769. The normalized spacial score (nSPS) is 10.1. The molecule has 0 aliphatic heterocycles. The zero-order valence-electron chi connectivity index (χ0n) is 8.68. The van der Waals surface area contributed by atoms with Gasteiger partial charge in [0.15, 0.2) is 0 Å². The van der Waals surface area contributed by atoms with Crippen LogP contribution in [0, 0.1) is 6.92 Å². The van der Waals surface area contributed by atoms with Gasteiger partial charge in [-0.3, -0.25) is 0 Å². The Kier molecular flexibility index (Phi) is 3.40. The first-order valence-electron chi connectivity index (χ1n) is 4.74. The van der Waals surface area contributed by atoms with E-state index in [2.05, 4.69) is 41.2 Å². The monoisotopic (exact) mass is 279 g/mol. The van der Waals surface area contributed by atoms with E-state index in [9.17, 15) is 0 Å². The topological polar surface area (TPSA) is 63.6 Å². The minimum absolute atomic E-state index is 0.616. The molecule has 2 aromatic rings. The molecule has 0 aromatic carbocycles. The minimum Gasteiger partial charge on any atom is -0.364 e. The van der Waals surface area contributed by atoms with Gasteiger partial charge in [0.05, 0.1) is 12.2 Å². The Morgan fingerprint density at radius 3 is 2.94 bits per heavy atom. The van der Waals surface area contributed by atoms with Crippen molar-refractivity contribution in [1.29, 1.82) is 0 Å². The van der Waals surface area contributed by atoms with Crippen molar-refractivity contribution in [2.24, 2.45) is 0 Å². The summed E-state index contributed by atoms with van der Waals surface area (Å²) in [7, 11) is 0. The largest absolute Gasteiger partial charge is 0.364 e. The van der Waals surface area contributed by atoms with Gasteiger partial charge in [-0.1, -0.05) is 0 Å². The Labute approximate surface area is 102 Å². The summed E-state index contributed by atoms with van der Waals surface area (Å²) in [5, 5.41) is 3.17. The Morgan fingerprint density at radius 1 is 1.38 bits per heavy atom. The first kappa shape index (κ1) is 10.9. The molecule has 0 fully saturated rings. The molecule has 1 N–H and O–H groups in total. The zero-order valence-corrected chi connectivity index (χ0v) is 10.3. The van der Waals surface area contributed by atoms with Crippen molar-refractivity contribution >= 4 is 21.7 Å². The second kappa shape index (κ2) is 4.98. The van der Waals surface area contributed by atoms with Gasteiger partial charge in [-0.2, -0.15) is 0 Å². The third kappa shape index (κ3) is 2.96. The van der Waals surface area contributed by atoms with Crippen LogP contribution in [0.2, 0.25) is 0 Å². The van der Waals surface area contributed by atoms with Gasteiger partial charge in [-0.05, 0) is 28.9 Å².